The van der Waals surface area contributed by atoms with Gasteiger partial charge in [0, 0.05) is 28.5 Å². The summed E-state index contributed by atoms with van der Waals surface area (Å²) in [5.41, 5.74) is -1.25. The van der Waals surface area contributed by atoms with Gasteiger partial charge in [0.25, 0.3) is 0 Å². The van der Waals surface area contributed by atoms with E-state index in [0.29, 0.717) is 16.4 Å². The molecule has 286 valence electrons. The fourth-order valence-electron chi connectivity index (χ4n) is 5.45. The summed E-state index contributed by atoms with van der Waals surface area (Å²) >= 11 is 1.32. The number of phosphoric acid groups is 1. The number of hydrogen-bond acceptors (Lipinski definition) is 12. The maximum Gasteiger partial charge on any atom is 0.531 e. The van der Waals surface area contributed by atoms with Crippen molar-refractivity contribution in [2.24, 2.45) is 4.99 Å². The molecule has 0 spiro atoms. The highest BCUT2D eigenvalue weighted by atomic mass is 32.1. The predicted octanol–water partition coefficient (Wildman–Crippen LogP) is 9.66. The number of halogens is 2. The molecule has 2 atom stereocenters. The number of benzene rings is 3. The summed E-state index contributed by atoms with van der Waals surface area (Å²) in [6, 6.07) is 16.3. The standard InChI is InChI=1S/C38H42F2N5O7PS/c1-25(34-44-33(20-54-34)26-12-15-29(41-8)16-13-26)38(21-45-23-42-22-43-45,31-17-14-28(39)19-32(31)40)49-24-48-35(46)27-10-9-11-30(18-27)50-53(47,51-36(2,3)4)52-37(5,6)7/h9-20,22-23,25H,8,21,24H2,1-7H3/t25-,38?/m0/s1. The molecule has 2 heterocycles. The minimum absolute atomic E-state index is 0.0232. The number of esters is 1. The molecule has 0 saturated carbocycles. The minimum atomic E-state index is -4.17. The monoisotopic (exact) mass is 781 g/mol. The molecular formula is C38H42F2N5O7PS. The molecule has 0 saturated heterocycles. The summed E-state index contributed by atoms with van der Waals surface area (Å²) in [6.45, 7) is 14.8. The van der Waals surface area contributed by atoms with Crippen LogP contribution in [-0.2, 0) is 35.2 Å². The first-order valence-electron chi connectivity index (χ1n) is 16.8. The molecule has 0 fully saturated rings. The van der Waals surface area contributed by atoms with Gasteiger partial charge in [-0.05, 0) is 84.7 Å². The second kappa shape index (κ2) is 16.4. The molecule has 12 nitrogen and oxygen atoms in total. The van der Waals surface area contributed by atoms with Gasteiger partial charge < -0.3 is 14.0 Å². The van der Waals surface area contributed by atoms with E-state index in [1.165, 1.54) is 59.0 Å². The number of aromatic nitrogens is 4. The molecule has 5 rings (SSSR count). The number of carbonyl (C=O) groups is 1. The zero-order chi connectivity index (χ0) is 39.3. The van der Waals surface area contributed by atoms with E-state index in [1.807, 2.05) is 29.6 Å². The van der Waals surface area contributed by atoms with E-state index >= 15 is 4.39 Å². The van der Waals surface area contributed by atoms with Gasteiger partial charge in [0.1, 0.15) is 35.6 Å². The summed E-state index contributed by atoms with van der Waals surface area (Å²) in [5, 5.41) is 6.63. The third kappa shape index (κ3) is 10.3. The first kappa shape index (κ1) is 40.5. The molecule has 16 heteroatoms. The molecule has 0 N–H and O–H groups in total. The van der Waals surface area contributed by atoms with Gasteiger partial charge >= 0.3 is 13.8 Å². The van der Waals surface area contributed by atoms with Crippen LogP contribution in [0.2, 0.25) is 0 Å². The smallest absolute Gasteiger partial charge is 0.435 e. The van der Waals surface area contributed by atoms with Crippen molar-refractivity contribution in [3.63, 3.8) is 0 Å². The molecule has 5 aromatic rings. The third-order valence-electron chi connectivity index (χ3n) is 7.75. The maximum absolute atomic E-state index is 15.9. The van der Waals surface area contributed by atoms with E-state index in [0.717, 1.165) is 17.7 Å². The molecule has 3 aromatic carbocycles. The number of thiazole rings is 1. The Bertz CT molecular complexity index is 2100. The van der Waals surface area contributed by atoms with Gasteiger partial charge in [-0.3, -0.25) is 14.0 Å². The lowest BCUT2D eigenvalue weighted by Gasteiger charge is -2.38. The lowest BCUT2D eigenvalue weighted by molar-refractivity contribution is -0.148. The number of rotatable bonds is 15. The Kier molecular flexibility index (Phi) is 12.3. The number of aliphatic imine (C=N–C) groups is 1. The van der Waals surface area contributed by atoms with E-state index < -0.39 is 54.9 Å². The van der Waals surface area contributed by atoms with Crippen molar-refractivity contribution < 1.29 is 41.2 Å². The van der Waals surface area contributed by atoms with Gasteiger partial charge in [0.15, 0.2) is 6.79 Å². The Morgan fingerprint density at radius 3 is 2.31 bits per heavy atom. The Balaban J connectivity index is 1.45. The largest absolute Gasteiger partial charge is 0.531 e. The van der Waals surface area contributed by atoms with Crippen LogP contribution in [0.4, 0.5) is 14.5 Å². The number of ether oxygens (including phenoxy) is 2. The minimum Gasteiger partial charge on any atom is -0.435 e. The quantitative estimate of drug-likeness (QED) is 0.0437. The van der Waals surface area contributed by atoms with Crippen molar-refractivity contribution in [2.45, 2.75) is 77.7 Å². The second-order valence-corrected chi connectivity index (χ2v) is 16.6. The third-order valence-corrected chi connectivity index (χ3v) is 10.8. The van der Waals surface area contributed by atoms with Gasteiger partial charge in [-0.2, -0.15) is 5.10 Å². The molecule has 0 radical (unpaired) electrons. The Morgan fingerprint density at radius 2 is 1.70 bits per heavy atom. The number of phosphoric ester groups is 1. The first-order chi connectivity index (χ1) is 25.4. The summed E-state index contributed by atoms with van der Waals surface area (Å²) in [7, 11) is -4.17. The summed E-state index contributed by atoms with van der Waals surface area (Å²) in [5.74, 6) is -3.20. The van der Waals surface area contributed by atoms with Crippen molar-refractivity contribution in [3.05, 3.63) is 113 Å². The van der Waals surface area contributed by atoms with Crippen LogP contribution in [0.15, 0.2) is 89.8 Å². The number of carbonyl (C=O) groups excluding carboxylic acids is 1. The lowest BCUT2D eigenvalue weighted by Crippen LogP contribution is -2.42. The molecule has 0 bridgehead atoms. The van der Waals surface area contributed by atoms with Crippen LogP contribution in [0.1, 0.15) is 75.3 Å². The predicted molar refractivity (Wildman–Crippen MR) is 201 cm³/mol. The molecule has 2 aromatic heterocycles. The zero-order valence-corrected chi connectivity index (χ0v) is 32.7. The van der Waals surface area contributed by atoms with Crippen molar-refractivity contribution in [2.75, 3.05) is 6.79 Å². The highest BCUT2D eigenvalue weighted by Gasteiger charge is 2.45. The second-order valence-electron chi connectivity index (χ2n) is 14.3. The highest BCUT2D eigenvalue weighted by Crippen LogP contribution is 2.55. The Hall–Kier alpha value is -4.66. The molecule has 0 aliphatic heterocycles. The van der Waals surface area contributed by atoms with Crippen molar-refractivity contribution in [1.29, 1.82) is 0 Å². The van der Waals surface area contributed by atoms with Crippen molar-refractivity contribution in [3.8, 4) is 17.0 Å². The van der Waals surface area contributed by atoms with Gasteiger partial charge in [-0.25, -0.2) is 32.8 Å². The number of nitrogens with zero attached hydrogens (tertiary/aromatic N) is 5. The topological polar surface area (TPSA) is 136 Å². The van der Waals surface area contributed by atoms with Crippen LogP contribution in [0, 0.1) is 11.6 Å². The lowest BCUT2D eigenvalue weighted by atomic mass is 9.81. The van der Waals surface area contributed by atoms with E-state index in [9.17, 15) is 13.8 Å². The molecule has 54 heavy (non-hydrogen) atoms. The van der Waals surface area contributed by atoms with Gasteiger partial charge in [-0.1, -0.05) is 31.2 Å². The molecule has 0 aliphatic rings. The van der Waals surface area contributed by atoms with E-state index in [2.05, 4.69) is 21.8 Å². The average Bonchev–Trinajstić information content (AvgIpc) is 3.79. The molecule has 0 amide bonds. The van der Waals surface area contributed by atoms with Crippen LogP contribution < -0.4 is 4.52 Å². The van der Waals surface area contributed by atoms with Crippen LogP contribution in [0.3, 0.4) is 0 Å². The van der Waals surface area contributed by atoms with Gasteiger partial charge in [0.05, 0.1) is 39.7 Å². The van der Waals surface area contributed by atoms with E-state index in [1.54, 1.807) is 48.5 Å². The normalized spacial score (nSPS) is 13.9. The average molecular weight is 782 g/mol. The van der Waals surface area contributed by atoms with Crippen molar-refractivity contribution >= 4 is 37.5 Å². The fraction of sp³-hybridized carbons (Fsp3) is 0.342. The fourth-order valence-corrected chi connectivity index (χ4v) is 8.25. The molecular weight excluding hydrogens is 739 g/mol. The van der Waals surface area contributed by atoms with Crippen LogP contribution >= 0.6 is 19.2 Å². The van der Waals surface area contributed by atoms with Crippen LogP contribution in [-0.4, -0.2) is 50.4 Å². The summed E-state index contributed by atoms with van der Waals surface area (Å²) in [6.07, 6.45) is 2.74. The SMILES string of the molecule is C=Nc1ccc(-c2csc([C@H](C)C(Cn3cncn3)(OCOC(=O)c3cccc(OP(=O)(OC(C)(C)C)OC(C)(C)C)c3)c3ccc(F)cc3F)n2)cc1. The van der Waals surface area contributed by atoms with Crippen molar-refractivity contribution in [1.82, 2.24) is 19.7 Å². The molecule has 1 unspecified atom stereocenters. The maximum atomic E-state index is 15.9. The summed E-state index contributed by atoms with van der Waals surface area (Å²) < 4.78 is 74.5. The zero-order valence-electron chi connectivity index (χ0n) is 31.0. The van der Waals surface area contributed by atoms with E-state index in [-0.39, 0.29) is 23.4 Å². The first-order valence-corrected chi connectivity index (χ1v) is 19.2. The van der Waals surface area contributed by atoms with Gasteiger partial charge in [0.2, 0.25) is 0 Å². The van der Waals surface area contributed by atoms with Crippen LogP contribution in [0.5, 0.6) is 5.75 Å². The van der Waals surface area contributed by atoms with Gasteiger partial charge in [-0.15, -0.1) is 11.3 Å². The van der Waals surface area contributed by atoms with E-state index in [4.69, 9.17) is 28.0 Å². The highest BCUT2D eigenvalue weighted by molar-refractivity contribution is 7.49. The van der Waals surface area contributed by atoms with Crippen LogP contribution in [0.25, 0.3) is 11.3 Å². The Morgan fingerprint density at radius 1 is 1.00 bits per heavy atom. The molecule has 0 aliphatic carbocycles. The summed E-state index contributed by atoms with van der Waals surface area (Å²) in [4.78, 5) is 26.3. The number of hydrogen-bond donors (Lipinski definition) is 0. The Labute approximate surface area is 316 Å².